The number of nitro benzene ring substituents is 1. The molecule has 0 fully saturated rings. The number of halogens is 3. The fourth-order valence-corrected chi connectivity index (χ4v) is 1.48. The van der Waals surface area contributed by atoms with Crippen molar-refractivity contribution in [2.75, 3.05) is 0 Å². The van der Waals surface area contributed by atoms with Crippen LogP contribution in [-0.4, -0.2) is 28.8 Å². The van der Waals surface area contributed by atoms with Crippen molar-refractivity contribution < 1.29 is 22.9 Å². The average molecular weight is 301 g/mol. The number of hydrogen-bond donors (Lipinski definition) is 1. The first-order valence-electron chi connectivity index (χ1n) is 5.39. The normalized spacial score (nSPS) is 18.7. The van der Waals surface area contributed by atoms with Crippen molar-refractivity contribution in [3.8, 4) is 0 Å². The highest BCUT2D eigenvalue weighted by atomic mass is 19.4. The average Bonchev–Trinajstić information content (AvgIpc) is 2.78. The van der Waals surface area contributed by atoms with Crippen LogP contribution in [0.25, 0.3) is 0 Å². The number of hydrazone groups is 1. The van der Waals surface area contributed by atoms with E-state index in [0.717, 1.165) is 6.07 Å². The van der Waals surface area contributed by atoms with Crippen molar-refractivity contribution in [1.29, 1.82) is 0 Å². The summed E-state index contributed by atoms with van der Waals surface area (Å²) in [6.07, 6.45) is -4.83. The van der Waals surface area contributed by atoms with Gasteiger partial charge in [-0.2, -0.15) is 28.5 Å². The van der Waals surface area contributed by atoms with E-state index in [0.29, 0.717) is 0 Å². The summed E-state index contributed by atoms with van der Waals surface area (Å²) < 4.78 is 37.7. The predicted octanol–water partition coefficient (Wildman–Crippen LogP) is 2.10. The van der Waals surface area contributed by atoms with E-state index in [1.807, 2.05) is 0 Å². The number of amides is 1. The zero-order valence-electron chi connectivity index (χ0n) is 10.0. The van der Waals surface area contributed by atoms with Crippen molar-refractivity contribution in [2.24, 2.45) is 15.3 Å². The van der Waals surface area contributed by atoms with Gasteiger partial charge in [-0.05, 0) is 6.07 Å². The number of non-ortho nitro benzene ring substituents is 1. The van der Waals surface area contributed by atoms with E-state index >= 15 is 0 Å². The number of nitrogens with one attached hydrogen (secondary N) is 1. The quantitative estimate of drug-likeness (QED) is 0.524. The minimum Gasteiger partial charge on any atom is -0.270 e. The third-order valence-electron chi connectivity index (χ3n) is 2.41. The summed E-state index contributed by atoms with van der Waals surface area (Å²) in [7, 11) is 0. The van der Waals surface area contributed by atoms with Gasteiger partial charge in [-0.15, -0.1) is 0 Å². The number of carbonyl (C=O) groups is 1. The molecule has 1 heterocycles. The maximum atomic E-state index is 12.6. The molecule has 0 saturated carbocycles. The first kappa shape index (κ1) is 14.6. The SMILES string of the molecule is O=C1NN=C(C(F)(F)F)[C@@H]1N=Nc1cccc([N+](=O)[O-])c1. The van der Waals surface area contributed by atoms with Crippen molar-refractivity contribution >= 4 is 23.0 Å². The van der Waals surface area contributed by atoms with Gasteiger partial charge in [-0.3, -0.25) is 14.9 Å². The molecule has 0 spiro atoms. The van der Waals surface area contributed by atoms with E-state index in [-0.39, 0.29) is 11.4 Å². The fourth-order valence-electron chi connectivity index (χ4n) is 1.48. The van der Waals surface area contributed by atoms with Gasteiger partial charge in [-0.25, -0.2) is 5.43 Å². The molecule has 11 heteroatoms. The molecule has 0 unspecified atom stereocenters. The number of hydrogen-bond acceptors (Lipinski definition) is 6. The van der Waals surface area contributed by atoms with Crippen LogP contribution in [0.3, 0.4) is 0 Å². The second kappa shape index (κ2) is 5.26. The number of nitrogens with zero attached hydrogens (tertiary/aromatic N) is 4. The predicted molar refractivity (Wildman–Crippen MR) is 63.0 cm³/mol. The molecule has 1 aromatic rings. The van der Waals surface area contributed by atoms with Crippen molar-refractivity contribution in [3.05, 3.63) is 34.4 Å². The van der Waals surface area contributed by atoms with Gasteiger partial charge < -0.3 is 0 Å². The second-order valence-corrected chi connectivity index (χ2v) is 3.87. The largest absolute Gasteiger partial charge is 0.433 e. The molecule has 1 atom stereocenters. The van der Waals surface area contributed by atoms with Crippen LogP contribution in [0.15, 0.2) is 39.6 Å². The maximum Gasteiger partial charge on any atom is 0.433 e. The Labute approximate surface area is 114 Å². The summed E-state index contributed by atoms with van der Waals surface area (Å²) in [6, 6.07) is 2.86. The van der Waals surface area contributed by atoms with Crippen LogP contribution in [0.1, 0.15) is 0 Å². The molecule has 8 nitrogen and oxygen atoms in total. The van der Waals surface area contributed by atoms with Crippen LogP contribution < -0.4 is 5.43 Å². The Hall–Kier alpha value is -2.85. The van der Waals surface area contributed by atoms with Gasteiger partial charge in [0.15, 0.2) is 11.8 Å². The molecule has 0 aliphatic carbocycles. The van der Waals surface area contributed by atoms with Crippen LogP contribution in [-0.2, 0) is 4.79 Å². The molecule has 1 aliphatic rings. The van der Waals surface area contributed by atoms with Gasteiger partial charge in [0.05, 0.1) is 10.6 Å². The summed E-state index contributed by atoms with van der Waals surface area (Å²) in [6.45, 7) is 0. The Kier molecular flexibility index (Phi) is 3.65. The van der Waals surface area contributed by atoms with Gasteiger partial charge in [0, 0.05) is 12.1 Å². The number of alkyl halides is 3. The highest BCUT2D eigenvalue weighted by Gasteiger charge is 2.47. The van der Waals surface area contributed by atoms with Gasteiger partial charge >= 0.3 is 6.18 Å². The molecule has 21 heavy (non-hydrogen) atoms. The van der Waals surface area contributed by atoms with Crippen LogP contribution in [0.2, 0.25) is 0 Å². The Bertz CT molecular complexity index is 656. The standard InChI is InChI=1S/C10H6F3N5O3/c11-10(12,13)8-7(9(19)17-16-8)15-14-5-2-1-3-6(4-5)18(20)21/h1-4,7H,(H,17,19)/t7-/m0/s1. The lowest BCUT2D eigenvalue weighted by Crippen LogP contribution is -2.35. The summed E-state index contributed by atoms with van der Waals surface area (Å²) in [5, 5.41) is 20.1. The lowest BCUT2D eigenvalue weighted by Gasteiger charge is -2.07. The minimum absolute atomic E-state index is 0.0505. The van der Waals surface area contributed by atoms with Gasteiger partial charge in [-0.1, -0.05) is 6.07 Å². The van der Waals surface area contributed by atoms with Gasteiger partial charge in [0.25, 0.3) is 11.6 Å². The Balaban J connectivity index is 2.24. The van der Waals surface area contributed by atoms with Gasteiger partial charge in [0.2, 0.25) is 0 Å². The third kappa shape index (κ3) is 3.19. The number of benzene rings is 1. The van der Waals surface area contributed by atoms with E-state index in [9.17, 15) is 28.1 Å². The molecule has 1 amide bonds. The van der Waals surface area contributed by atoms with Crippen molar-refractivity contribution in [1.82, 2.24) is 5.43 Å². The van der Waals surface area contributed by atoms with E-state index < -0.39 is 28.8 Å². The second-order valence-electron chi connectivity index (χ2n) is 3.87. The Morgan fingerprint density at radius 2 is 2.10 bits per heavy atom. The van der Waals surface area contributed by atoms with Crippen LogP contribution in [0.4, 0.5) is 24.5 Å². The van der Waals surface area contributed by atoms with E-state index in [2.05, 4.69) is 15.3 Å². The summed E-state index contributed by atoms with van der Waals surface area (Å²) in [4.78, 5) is 21.1. The zero-order valence-corrected chi connectivity index (χ0v) is 10.0. The van der Waals surface area contributed by atoms with Crippen molar-refractivity contribution in [3.63, 3.8) is 0 Å². The Morgan fingerprint density at radius 1 is 1.38 bits per heavy atom. The van der Waals surface area contributed by atoms with Crippen molar-refractivity contribution in [2.45, 2.75) is 12.2 Å². The molecule has 110 valence electrons. The maximum absolute atomic E-state index is 12.6. The van der Waals surface area contributed by atoms with E-state index in [1.54, 1.807) is 5.43 Å². The molecule has 1 N–H and O–H groups in total. The molecule has 1 aromatic carbocycles. The smallest absolute Gasteiger partial charge is 0.270 e. The van der Waals surface area contributed by atoms with E-state index in [4.69, 9.17) is 0 Å². The molecule has 1 aliphatic heterocycles. The third-order valence-corrected chi connectivity index (χ3v) is 2.41. The number of rotatable bonds is 3. The summed E-state index contributed by atoms with van der Waals surface area (Å²) in [5.41, 5.74) is -0.106. The monoisotopic (exact) mass is 301 g/mol. The van der Waals surface area contributed by atoms with E-state index in [1.165, 1.54) is 18.2 Å². The first-order chi connectivity index (χ1) is 9.79. The van der Waals surface area contributed by atoms with Crippen LogP contribution >= 0.6 is 0 Å². The molecular weight excluding hydrogens is 295 g/mol. The molecular formula is C10H6F3N5O3. The van der Waals surface area contributed by atoms with Crippen LogP contribution in [0.5, 0.6) is 0 Å². The summed E-state index contributed by atoms with van der Waals surface area (Å²) >= 11 is 0. The molecule has 0 saturated heterocycles. The fraction of sp³-hybridized carbons (Fsp3) is 0.200. The highest BCUT2D eigenvalue weighted by Crippen LogP contribution is 2.25. The lowest BCUT2D eigenvalue weighted by atomic mass is 10.2. The number of azo groups is 1. The number of nitro groups is 1. The molecule has 0 aromatic heterocycles. The lowest BCUT2D eigenvalue weighted by molar-refractivity contribution is -0.384. The number of carbonyl (C=O) groups excluding carboxylic acids is 1. The van der Waals surface area contributed by atoms with Crippen LogP contribution in [0, 0.1) is 10.1 Å². The summed E-state index contributed by atoms with van der Waals surface area (Å²) in [5.74, 6) is -1.07. The van der Waals surface area contributed by atoms with Gasteiger partial charge in [0.1, 0.15) is 0 Å². The Morgan fingerprint density at radius 3 is 2.71 bits per heavy atom. The molecule has 2 rings (SSSR count). The molecule has 0 radical (unpaired) electrons. The zero-order chi connectivity index (χ0) is 15.6. The first-order valence-corrected chi connectivity index (χ1v) is 5.39. The highest BCUT2D eigenvalue weighted by molar-refractivity contribution is 6.14. The molecule has 0 bridgehead atoms. The topological polar surface area (TPSA) is 109 Å². The minimum atomic E-state index is -4.83.